The highest BCUT2D eigenvalue weighted by Gasteiger charge is 2.35. The van der Waals surface area contributed by atoms with Gasteiger partial charge in [-0.15, -0.1) is 17.9 Å². The minimum atomic E-state index is -0.336. The third-order valence-corrected chi connectivity index (χ3v) is 7.47. The van der Waals surface area contributed by atoms with Crippen molar-refractivity contribution in [3.63, 3.8) is 0 Å². The average Bonchev–Trinajstić information content (AvgIpc) is 3.33. The molecule has 3 aromatic rings. The molecule has 0 bridgehead atoms. The van der Waals surface area contributed by atoms with Gasteiger partial charge in [0.2, 0.25) is 11.8 Å². The minimum Gasteiger partial charge on any atom is -0.367 e. The molecule has 0 aliphatic carbocycles. The van der Waals surface area contributed by atoms with Gasteiger partial charge in [-0.3, -0.25) is 9.59 Å². The molecule has 0 saturated heterocycles. The lowest BCUT2D eigenvalue weighted by Crippen LogP contribution is -2.47. The van der Waals surface area contributed by atoms with Crippen molar-refractivity contribution in [2.45, 2.75) is 19.1 Å². The number of thiophene rings is 1. The number of hydrogen-bond acceptors (Lipinski definition) is 4. The van der Waals surface area contributed by atoms with E-state index in [1.807, 2.05) is 47.8 Å². The van der Waals surface area contributed by atoms with E-state index in [0.717, 1.165) is 23.1 Å². The van der Waals surface area contributed by atoms with Gasteiger partial charge in [-0.1, -0.05) is 65.7 Å². The van der Waals surface area contributed by atoms with Crippen LogP contribution < -0.4 is 0 Å². The predicted octanol–water partition coefficient (Wildman–Crippen LogP) is 5.76. The molecule has 1 atom stereocenters. The highest BCUT2D eigenvalue weighted by atomic mass is 35.5. The van der Waals surface area contributed by atoms with Crippen LogP contribution in [0.4, 0.5) is 0 Å². The van der Waals surface area contributed by atoms with Crippen LogP contribution in [0.1, 0.15) is 27.6 Å². The highest BCUT2D eigenvalue weighted by molar-refractivity contribution is 7.10. The monoisotopic (exact) mass is 528 g/mol. The van der Waals surface area contributed by atoms with Crippen LogP contribution >= 0.6 is 34.5 Å². The molecule has 35 heavy (non-hydrogen) atoms. The summed E-state index contributed by atoms with van der Waals surface area (Å²) in [5.41, 5.74) is 2.86. The fraction of sp³-hybridized carbons (Fsp3) is 0.259. The second-order valence-electron chi connectivity index (χ2n) is 8.25. The van der Waals surface area contributed by atoms with Gasteiger partial charge < -0.3 is 14.5 Å². The largest absolute Gasteiger partial charge is 0.367 e. The van der Waals surface area contributed by atoms with Gasteiger partial charge in [-0.05, 0) is 46.7 Å². The van der Waals surface area contributed by atoms with E-state index >= 15 is 0 Å². The van der Waals surface area contributed by atoms with Crippen molar-refractivity contribution in [3.05, 3.63) is 104 Å². The van der Waals surface area contributed by atoms with Crippen LogP contribution in [0.5, 0.6) is 0 Å². The quantitative estimate of drug-likeness (QED) is 0.331. The normalized spacial score (nSPS) is 14.9. The van der Waals surface area contributed by atoms with Gasteiger partial charge in [-0.25, -0.2) is 0 Å². The van der Waals surface area contributed by atoms with Gasteiger partial charge in [0.05, 0.1) is 12.6 Å². The van der Waals surface area contributed by atoms with E-state index in [1.54, 1.807) is 34.4 Å². The predicted molar refractivity (Wildman–Crippen MR) is 141 cm³/mol. The summed E-state index contributed by atoms with van der Waals surface area (Å²) < 4.78 is 5.61. The molecule has 1 aliphatic heterocycles. The first-order valence-electron chi connectivity index (χ1n) is 11.3. The van der Waals surface area contributed by atoms with Crippen molar-refractivity contribution in [2.75, 3.05) is 26.2 Å². The van der Waals surface area contributed by atoms with Gasteiger partial charge >= 0.3 is 0 Å². The van der Waals surface area contributed by atoms with Gasteiger partial charge in [0.25, 0.3) is 0 Å². The summed E-state index contributed by atoms with van der Waals surface area (Å²) in [6.07, 6.45) is 2.37. The fourth-order valence-corrected chi connectivity index (χ4v) is 5.65. The molecule has 4 rings (SSSR count). The summed E-state index contributed by atoms with van der Waals surface area (Å²) >= 11 is 14.4. The lowest BCUT2D eigenvalue weighted by molar-refractivity contribution is -0.144. The lowest BCUT2D eigenvalue weighted by atomic mass is 9.93. The van der Waals surface area contributed by atoms with E-state index < -0.39 is 0 Å². The van der Waals surface area contributed by atoms with Crippen molar-refractivity contribution < 1.29 is 14.3 Å². The number of fused-ring (bicyclic) bond motifs is 1. The molecule has 0 saturated carbocycles. The number of nitrogens with zero attached hydrogens (tertiary/aromatic N) is 2. The molecule has 0 fully saturated rings. The first kappa shape index (κ1) is 25.5. The van der Waals surface area contributed by atoms with Crippen LogP contribution in [0.25, 0.3) is 0 Å². The second kappa shape index (κ2) is 11.9. The molecule has 8 heteroatoms. The maximum absolute atomic E-state index is 13.6. The number of hydrogen-bond donors (Lipinski definition) is 0. The summed E-state index contributed by atoms with van der Waals surface area (Å²) in [6.45, 7) is 4.68. The van der Waals surface area contributed by atoms with Gasteiger partial charge in [0.1, 0.15) is 13.2 Å². The van der Waals surface area contributed by atoms with Crippen molar-refractivity contribution in [3.8, 4) is 0 Å². The number of carbonyl (C=O) groups excluding carboxylic acids is 2. The Bertz CT molecular complexity index is 1200. The Morgan fingerprint density at radius 2 is 1.94 bits per heavy atom. The van der Waals surface area contributed by atoms with Gasteiger partial charge in [0, 0.05) is 28.0 Å². The number of ether oxygens (including phenoxy) is 1. The molecular weight excluding hydrogens is 503 g/mol. The van der Waals surface area contributed by atoms with Gasteiger partial charge in [-0.2, -0.15) is 0 Å². The van der Waals surface area contributed by atoms with Crippen LogP contribution in [0.3, 0.4) is 0 Å². The Hall–Kier alpha value is -2.64. The zero-order valence-electron chi connectivity index (χ0n) is 19.2. The zero-order chi connectivity index (χ0) is 24.8. The van der Waals surface area contributed by atoms with Crippen LogP contribution in [0.2, 0.25) is 10.0 Å². The van der Waals surface area contributed by atoms with E-state index in [0.29, 0.717) is 23.2 Å². The number of carbonyl (C=O) groups is 2. The van der Waals surface area contributed by atoms with E-state index in [9.17, 15) is 9.59 Å². The summed E-state index contributed by atoms with van der Waals surface area (Å²) in [5, 5.41) is 3.08. The first-order chi connectivity index (χ1) is 17.0. The smallest absolute Gasteiger partial charge is 0.249 e. The fourth-order valence-electron chi connectivity index (χ4n) is 4.23. The molecular formula is C27H26Cl2N2O3S. The summed E-state index contributed by atoms with van der Waals surface area (Å²) in [7, 11) is 0. The molecule has 0 spiro atoms. The molecule has 2 amide bonds. The average molecular weight is 529 g/mol. The second-order valence-corrected chi connectivity index (χ2v) is 10.1. The van der Waals surface area contributed by atoms with Crippen LogP contribution in [0.15, 0.2) is 72.6 Å². The molecule has 0 radical (unpaired) electrons. The van der Waals surface area contributed by atoms with E-state index in [2.05, 4.69) is 6.58 Å². The molecule has 1 unspecified atom stereocenters. The molecule has 5 nitrogen and oxygen atoms in total. The molecule has 182 valence electrons. The molecule has 2 aromatic carbocycles. The topological polar surface area (TPSA) is 49.9 Å². The summed E-state index contributed by atoms with van der Waals surface area (Å²) in [6, 6.07) is 16.7. The van der Waals surface area contributed by atoms with Crippen molar-refractivity contribution in [1.82, 2.24) is 9.80 Å². The zero-order valence-corrected chi connectivity index (χ0v) is 21.5. The van der Waals surface area contributed by atoms with Crippen molar-refractivity contribution in [2.24, 2.45) is 0 Å². The molecule has 1 aliphatic rings. The van der Waals surface area contributed by atoms with E-state index in [-0.39, 0.29) is 37.6 Å². The standard InChI is InChI=1S/C27H26Cl2N2O3S/c1-2-12-30(26(33)18-34-17-19-6-4-3-5-7-19)16-25(32)31-13-10-24-22(11-14-35-24)27(31)21-9-8-20(28)15-23(21)29/h2-9,11,14-15,27H,1,10,12-13,16-18H2. The van der Waals surface area contributed by atoms with Crippen LogP contribution in [-0.4, -0.2) is 47.9 Å². The van der Waals surface area contributed by atoms with Crippen LogP contribution in [0, 0.1) is 0 Å². The minimum absolute atomic E-state index is 0.0687. The first-order valence-corrected chi connectivity index (χ1v) is 12.9. The van der Waals surface area contributed by atoms with Crippen LogP contribution in [-0.2, 0) is 27.4 Å². The number of rotatable bonds is 9. The highest BCUT2D eigenvalue weighted by Crippen LogP contribution is 2.41. The SMILES string of the molecule is C=CCN(CC(=O)N1CCc2sccc2C1c1ccc(Cl)cc1Cl)C(=O)COCc1ccccc1. The Balaban J connectivity index is 1.49. The Kier molecular flexibility index (Phi) is 8.63. The molecule has 0 N–H and O–H groups in total. The Morgan fingerprint density at radius 1 is 1.14 bits per heavy atom. The van der Waals surface area contributed by atoms with Crippen molar-refractivity contribution in [1.29, 1.82) is 0 Å². The van der Waals surface area contributed by atoms with E-state index in [1.165, 1.54) is 9.78 Å². The summed E-state index contributed by atoms with van der Waals surface area (Å²) in [5.74, 6) is -0.417. The van der Waals surface area contributed by atoms with Gasteiger partial charge in [0.15, 0.2) is 0 Å². The lowest BCUT2D eigenvalue weighted by Gasteiger charge is -2.38. The maximum Gasteiger partial charge on any atom is 0.249 e. The van der Waals surface area contributed by atoms with Crippen molar-refractivity contribution >= 4 is 46.4 Å². The van der Waals surface area contributed by atoms with E-state index in [4.69, 9.17) is 27.9 Å². The third-order valence-electron chi connectivity index (χ3n) is 5.91. The number of halogens is 2. The number of amides is 2. The number of benzene rings is 2. The molecule has 1 aromatic heterocycles. The molecule has 2 heterocycles. The Labute approximate surface area is 219 Å². The maximum atomic E-state index is 13.6. The third kappa shape index (κ3) is 6.14. The Morgan fingerprint density at radius 3 is 2.69 bits per heavy atom. The summed E-state index contributed by atoms with van der Waals surface area (Å²) in [4.78, 5) is 31.0.